The number of rotatable bonds is 4. The molecule has 1 spiro atoms. The van der Waals surface area contributed by atoms with E-state index in [1.54, 1.807) is 11.3 Å². The summed E-state index contributed by atoms with van der Waals surface area (Å²) in [6.07, 6.45) is 10.7. The monoisotopic (exact) mass is 359 g/mol. The molecule has 4 heterocycles. The number of amides is 1. The van der Waals surface area contributed by atoms with Crippen LogP contribution in [-0.2, 0) is 24.9 Å². The Balaban J connectivity index is 1.46. The van der Waals surface area contributed by atoms with Gasteiger partial charge in [0.1, 0.15) is 0 Å². The molecule has 2 fully saturated rings. The summed E-state index contributed by atoms with van der Waals surface area (Å²) in [5.74, 6) is 0.313. The predicted octanol–water partition coefficient (Wildman–Crippen LogP) is 2.42. The number of hydrogen-bond acceptors (Lipinski definition) is 5. The van der Waals surface area contributed by atoms with Crippen molar-refractivity contribution in [3.63, 3.8) is 0 Å². The molecule has 1 atom stereocenters. The Labute approximate surface area is 152 Å². The summed E-state index contributed by atoms with van der Waals surface area (Å²) in [4.78, 5) is 26.8. The van der Waals surface area contributed by atoms with Gasteiger partial charge in [0.2, 0.25) is 5.91 Å². The molecule has 0 aliphatic carbocycles. The maximum Gasteiger partial charge on any atom is 0.223 e. The zero-order chi connectivity index (χ0) is 17.3. The zero-order valence-electron chi connectivity index (χ0n) is 14.7. The van der Waals surface area contributed by atoms with E-state index in [1.165, 1.54) is 10.6 Å². The first-order valence-electron chi connectivity index (χ1n) is 9.02. The normalized spacial score (nSPS) is 25.0. The standard InChI is InChI=1S/C18H25N5OS/c1-21-13-19-9-15(21)11-22-7-2-4-18(6-8-22)5-3-17(24)23(18)12-16-10-20-14-25-16/h9-10,13-14H,2-8,11-12H2,1H3/t18-/m1/s1. The van der Waals surface area contributed by atoms with Crippen molar-refractivity contribution in [2.45, 2.75) is 50.7 Å². The number of nitrogens with zero attached hydrogens (tertiary/aromatic N) is 5. The molecule has 0 saturated carbocycles. The Morgan fingerprint density at radius 1 is 1.16 bits per heavy atom. The molecule has 6 nitrogen and oxygen atoms in total. The van der Waals surface area contributed by atoms with E-state index in [4.69, 9.17) is 0 Å². The van der Waals surface area contributed by atoms with Crippen molar-refractivity contribution in [1.29, 1.82) is 0 Å². The molecule has 2 aliphatic rings. The molecule has 0 bridgehead atoms. The number of aryl methyl sites for hydroxylation is 1. The van der Waals surface area contributed by atoms with Crippen LogP contribution in [0.1, 0.15) is 42.7 Å². The molecule has 134 valence electrons. The van der Waals surface area contributed by atoms with Gasteiger partial charge in [0, 0.05) is 49.4 Å². The molecular weight excluding hydrogens is 334 g/mol. The number of carbonyl (C=O) groups excluding carboxylic acids is 1. The maximum absolute atomic E-state index is 12.6. The predicted molar refractivity (Wildman–Crippen MR) is 97.0 cm³/mol. The summed E-state index contributed by atoms with van der Waals surface area (Å²) >= 11 is 1.64. The molecule has 2 aliphatic heterocycles. The number of carbonyl (C=O) groups is 1. The number of aromatic nitrogens is 3. The Bertz CT molecular complexity index is 728. The van der Waals surface area contributed by atoms with Gasteiger partial charge in [0.25, 0.3) is 0 Å². The van der Waals surface area contributed by atoms with E-state index in [1.807, 2.05) is 31.3 Å². The Morgan fingerprint density at radius 2 is 2.08 bits per heavy atom. The summed E-state index contributed by atoms with van der Waals surface area (Å²) in [5.41, 5.74) is 3.15. The van der Waals surface area contributed by atoms with Crippen LogP contribution in [0, 0.1) is 0 Å². The molecule has 2 aromatic heterocycles. The Kier molecular flexibility index (Phi) is 4.60. The molecule has 25 heavy (non-hydrogen) atoms. The van der Waals surface area contributed by atoms with Crippen LogP contribution in [0.4, 0.5) is 0 Å². The molecule has 0 unspecified atom stereocenters. The second-order valence-corrected chi connectivity index (χ2v) is 8.27. The van der Waals surface area contributed by atoms with Crippen molar-refractivity contribution in [3.05, 3.63) is 34.8 Å². The third kappa shape index (κ3) is 3.35. The quantitative estimate of drug-likeness (QED) is 0.841. The van der Waals surface area contributed by atoms with Crippen LogP contribution in [0.2, 0.25) is 0 Å². The van der Waals surface area contributed by atoms with Gasteiger partial charge in [-0.3, -0.25) is 14.7 Å². The van der Waals surface area contributed by atoms with Crippen molar-refractivity contribution in [3.8, 4) is 0 Å². The minimum absolute atomic E-state index is 0.0439. The smallest absolute Gasteiger partial charge is 0.223 e. The second-order valence-electron chi connectivity index (χ2n) is 7.30. The van der Waals surface area contributed by atoms with Crippen LogP contribution < -0.4 is 0 Å². The molecular formula is C18H25N5OS. The van der Waals surface area contributed by atoms with E-state index in [9.17, 15) is 4.79 Å². The third-order valence-electron chi connectivity index (χ3n) is 5.79. The van der Waals surface area contributed by atoms with Gasteiger partial charge in [-0.15, -0.1) is 11.3 Å². The highest BCUT2D eigenvalue weighted by Crippen LogP contribution is 2.40. The van der Waals surface area contributed by atoms with Crippen LogP contribution in [0.25, 0.3) is 0 Å². The lowest BCUT2D eigenvalue weighted by molar-refractivity contribution is -0.132. The fourth-order valence-corrected chi connectivity index (χ4v) is 4.87. The lowest BCUT2D eigenvalue weighted by Crippen LogP contribution is -2.45. The Hall–Kier alpha value is -1.73. The van der Waals surface area contributed by atoms with Crippen LogP contribution in [0.5, 0.6) is 0 Å². The number of imidazole rings is 1. The van der Waals surface area contributed by atoms with Gasteiger partial charge in [0.05, 0.1) is 24.1 Å². The van der Waals surface area contributed by atoms with Crippen LogP contribution in [-0.4, -0.2) is 48.9 Å². The van der Waals surface area contributed by atoms with Crippen molar-refractivity contribution in [2.75, 3.05) is 13.1 Å². The Morgan fingerprint density at radius 3 is 2.84 bits per heavy atom. The van der Waals surface area contributed by atoms with Gasteiger partial charge >= 0.3 is 0 Å². The molecule has 2 aromatic rings. The molecule has 4 rings (SSSR count). The average Bonchev–Trinajstić information content (AvgIpc) is 3.28. The summed E-state index contributed by atoms with van der Waals surface area (Å²) in [6.45, 7) is 3.80. The number of thiazole rings is 1. The lowest BCUT2D eigenvalue weighted by Gasteiger charge is -2.38. The summed E-state index contributed by atoms with van der Waals surface area (Å²) in [6, 6.07) is 0. The highest BCUT2D eigenvalue weighted by molar-refractivity contribution is 7.09. The van der Waals surface area contributed by atoms with Crippen molar-refractivity contribution in [2.24, 2.45) is 7.05 Å². The molecule has 0 aromatic carbocycles. The third-order valence-corrected chi connectivity index (χ3v) is 6.55. The molecule has 2 saturated heterocycles. The van der Waals surface area contributed by atoms with Gasteiger partial charge < -0.3 is 9.47 Å². The van der Waals surface area contributed by atoms with Gasteiger partial charge in [-0.2, -0.15) is 0 Å². The fourth-order valence-electron chi connectivity index (χ4n) is 4.28. The molecule has 0 N–H and O–H groups in total. The van der Waals surface area contributed by atoms with Crippen molar-refractivity contribution in [1.82, 2.24) is 24.3 Å². The van der Waals surface area contributed by atoms with Crippen LogP contribution >= 0.6 is 11.3 Å². The van der Waals surface area contributed by atoms with Gasteiger partial charge in [-0.1, -0.05) is 0 Å². The largest absolute Gasteiger partial charge is 0.337 e. The highest BCUT2D eigenvalue weighted by Gasteiger charge is 2.45. The summed E-state index contributed by atoms with van der Waals surface area (Å²) in [7, 11) is 2.05. The minimum atomic E-state index is 0.0439. The van der Waals surface area contributed by atoms with Crippen molar-refractivity contribution >= 4 is 17.2 Å². The summed E-state index contributed by atoms with van der Waals surface area (Å²) < 4.78 is 2.09. The second kappa shape index (κ2) is 6.88. The zero-order valence-corrected chi connectivity index (χ0v) is 15.5. The minimum Gasteiger partial charge on any atom is -0.337 e. The highest BCUT2D eigenvalue weighted by atomic mass is 32.1. The van der Waals surface area contributed by atoms with Gasteiger partial charge in [0.15, 0.2) is 0 Å². The topological polar surface area (TPSA) is 54.3 Å². The van der Waals surface area contributed by atoms with E-state index >= 15 is 0 Å². The number of likely N-dealkylation sites (tertiary alicyclic amines) is 2. The lowest BCUT2D eigenvalue weighted by atomic mass is 9.87. The first-order chi connectivity index (χ1) is 12.2. The van der Waals surface area contributed by atoms with E-state index in [0.29, 0.717) is 12.3 Å². The van der Waals surface area contributed by atoms with Crippen molar-refractivity contribution < 1.29 is 4.79 Å². The van der Waals surface area contributed by atoms with Crippen LogP contribution in [0.3, 0.4) is 0 Å². The summed E-state index contributed by atoms with van der Waals surface area (Å²) in [5, 5.41) is 0. The molecule has 7 heteroatoms. The van der Waals surface area contributed by atoms with Gasteiger partial charge in [-0.25, -0.2) is 4.98 Å². The first-order valence-corrected chi connectivity index (χ1v) is 9.90. The van der Waals surface area contributed by atoms with E-state index in [2.05, 4.69) is 24.3 Å². The molecule has 1 amide bonds. The van der Waals surface area contributed by atoms with E-state index in [-0.39, 0.29) is 5.54 Å². The molecule has 0 radical (unpaired) electrons. The SMILES string of the molecule is Cn1cncc1CN1CCC[C@@]2(CCC(=O)N2Cc2cncs2)CC1. The fraction of sp³-hybridized carbons (Fsp3) is 0.611. The number of hydrogen-bond donors (Lipinski definition) is 0. The maximum atomic E-state index is 12.6. The first kappa shape index (κ1) is 16.7. The van der Waals surface area contributed by atoms with E-state index < -0.39 is 0 Å². The average molecular weight is 359 g/mol. The van der Waals surface area contributed by atoms with Gasteiger partial charge in [-0.05, 0) is 32.2 Å². The van der Waals surface area contributed by atoms with Crippen LogP contribution in [0.15, 0.2) is 24.2 Å². The van der Waals surface area contributed by atoms with E-state index in [0.717, 1.165) is 51.9 Å².